The van der Waals surface area contributed by atoms with E-state index in [0.717, 1.165) is 11.1 Å². The summed E-state index contributed by atoms with van der Waals surface area (Å²) >= 11 is 6.13. The van der Waals surface area contributed by atoms with Gasteiger partial charge in [0.2, 0.25) is 0 Å². The Morgan fingerprint density at radius 3 is 2.32 bits per heavy atom. The van der Waals surface area contributed by atoms with Gasteiger partial charge in [0, 0.05) is 13.0 Å². The molecule has 0 spiro atoms. The van der Waals surface area contributed by atoms with E-state index in [1.54, 1.807) is 36.4 Å². The number of carboxylic acid groups (broad SMARTS) is 1. The summed E-state index contributed by atoms with van der Waals surface area (Å²) in [6.45, 7) is 1.32. The number of ether oxygens (including phenoxy) is 1. The van der Waals surface area contributed by atoms with E-state index >= 15 is 0 Å². The van der Waals surface area contributed by atoms with E-state index in [2.05, 4.69) is 0 Å². The molecule has 0 saturated carbocycles. The minimum atomic E-state index is -0.959. The lowest BCUT2D eigenvalue weighted by atomic mass is 10.1. The molecule has 1 N–H and O–H groups in total. The summed E-state index contributed by atoms with van der Waals surface area (Å²) in [6, 6.07) is 11.4. The van der Waals surface area contributed by atoms with Gasteiger partial charge >= 0.3 is 11.9 Å². The molecule has 0 amide bonds. The molecular formula is C17H13ClO4. The van der Waals surface area contributed by atoms with Gasteiger partial charge in [0.1, 0.15) is 5.75 Å². The number of hydrogen-bond acceptors (Lipinski definition) is 3. The van der Waals surface area contributed by atoms with Gasteiger partial charge in [-0.3, -0.25) is 4.79 Å². The van der Waals surface area contributed by atoms with Crippen molar-refractivity contribution in [1.29, 1.82) is 0 Å². The van der Waals surface area contributed by atoms with Crippen molar-refractivity contribution >= 4 is 35.7 Å². The van der Waals surface area contributed by atoms with E-state index in [4.69, 9.17) is 21.4 Å². The van der Waals surface area contributed by atoms with Crippen LogP contribution >= 0.6 is 11.6 Å². The van der Waals surface area contributed by atoms with Crippen LogP contribution in [-0.4, -0.2) is 17.0 Å². The summed E-state index contributed by atoms with van der Waals surface area (Å²) in [6.07, 6.45) is 3.62. The summed E-state index contributed by atoms with van der Waals surface area (Å²) in [7, 11) is 0. The molecule has 2 aromatic carbocycles. The molecule has 0 atom stereocenters. The SMILES string of the molecule is CC(=O)Oc1ccc(/C=C/c2ccc(C(=O)O)cc2)c(Cl)c1. The summed E-state index contributed by atoms with van der Waals surface area (Å²) in [5.41, 5.74) is 1.85. The number of benzene rings is 2. The summed E-state index contributed by atoms with van der Waals surface area (Å²) in [5.74, 6) is -0.974. The summed E-state index contributed by atoms with van der Waals surface area (Å²) < 4.78 is 4.95. The Labute approximate surface area is 132 Å². The Kier molecular flexibility index (Phi) is 4.96. The average Bonchev–Trinajstić information content (AvgIpc) is 2.46. The number of carbonyl (C=O) groups excluding carboxylic acids is 1. The van der Waals surface area contributed by atoms with Crippen molar-refractivity contribution in [2.75, 3.05) is 0 Å². The first-order valence-corrected chi connectivity index (χ1v) is 6.83. The molecule has 5 heteroatoms. The number of hydrogen-bond donors (Lipinski definition) is 1. The molecule has 0 aliphatic heterocycles. The quantitative estimate of drug-likeness (QED) is 0.523. The fraction of sp³-hybridized carbons (Fsp3) is 0.0588. The average molecular weight is 317 g/mol. The van der Waals surface area contributed by atoms with Gasteiger partial charge < -0.3 is 9.84 Å². The zero-order valence-electron chi connectivity index (χ0n) is 11.7. The maximum atomic E-state index is 10.9. The van der Waals surface area contributed by atoms with Crippen LogP contribution in [0, 0.1) is 0 Å². The van der Waals surface area contributed by atoms with Crippen LogP contribution in [0.1, 0.15) is 28.4 Å². The zero-order valence-corrected chi connectivity index (χ0v) is 12.5. The van der Waals surface area contributed by atoms with Crippen molar-refractivity contribution in [3.05, 3.63) is 64.2 Å². The molecule has 0 fully saturated rings. The predicted octanol–water partition coefficient (Wildman–Crippen LogP) is 4.13. The molecule has 4 nitrogen and oxygen atoms in total. The molecule has 0 heterocycles. The highest BCUT2D eigenvalue weighted by Crippen LogP contribution is 2.24. The van der Waals surface area contributed by atoms with Crippen LogP contribution in [0.25, 0.3) is 12.2 Å². The van der Waals surface area contributed by atoms with Crippen molar-refractivity contribution < 1.29 is 19.4 Å². The van der Waals surface area contributed by atoms with Gasteiger partial charge in [-0.1, -0.05) is 35.9 Å². The van der Waals surface area contributed by atoms with Crippen molar-refractivity contribution in [1.82, 2.24) is 0 Å². The highest BCUT2D eigenvalue weighted by molar-refractivity contribution is 6.32. The molecule has 2 rings (SSSR count). The Morgan fingerprint density at radius 1 is 1.09 bits per heavy atom. The second kappa shape index (κ2) is 6.91. The number of aromatic carboxylic acids is 1. The number of rotatable bonds is 4. The van der Waals surface area contributed by atoms with E-state index in [1.165, 1.54) is 19.1 Å². The van der Waals surface area contributed by atoms with Crippen LogP contribution in [-0.2, 0) is 4.79 Å². The molecule has 0 aliphatic rings. The van der Waals surface area contributed by atoms with Crippen molar-refractivity contribution in [3.63, 3.8) is 0 Å². The minimum absolute atomic E-state index is 0.237. The Morgan fingerprint density at radius 2 is 1.77 bits per heavy atom. The van der Waals surface area contributed by atoms with Crippen molar-refractivity contribution in [2.45, 2.75) is 6.92 Å². The molecule has 0 unspecified atom stereocenters. The summed E-state index contributed by atoms with van der Waals surface area (Å²) in [5, 5.41) is 9.29. The monoisotopic (exact) mass is 316 g/mol. The van der Waals surface area contributed by atoms with Gasteiger partial charge in [-0.2, -0.15) is 0 Å². The van der Waals surface area contributed by atoms with Crippen molar-refractivity contribution in [3.8, 4) is 5.75 Å². The molecule has 0 bridgehead atoms. The third-order valence-corrected chi connectivity index (χ3v) is 3.17. The van der Waals surface area contributed by atoms with Crippen LogP contribution in [0.15, 0.2) is 42.5 Å². The molecule has 0 aliphatic carbocycles. The minimum Gasteiger partial charge on any atom is -0.478 e. The molecule has 0 radical (unpaired) electrons. The Bertz CT molecular complexity index is 733. The van der Waals surface area contributed by atoms with Crippen molar-refractivity contribution in [2.24, 2.45) is 0 Å². The third-order valence-electron chi connectivity index (χ3n) is 2.85. The Balaban J connectivity index is 2.15. The molecular weight excluding hydrogens is 304 g/mol. The highest BCUT2D eigenvalue weighted by Gasteiger charge is 2.03. The van der Waals surface area contributed by atoms with Gasteiger partial charge in [-0.15, -0.1) is 0 Å². The van der Waals surface area contributed by atoms with Crippen LogP contribution in [0.2, 0.25) is 5.02 Å². The number of carbonyl (C=O) groups is 2. The predicted molar refractivity (Wildman–Crippen MR) is 85.1 cm³/mol. The van der Waals surface area contributed by atoms with Gasteiger partial charge in [0.15, 0.2) is 0 Å². The third kappa shape index (κ3) is 4.20. The lowest BCUT2D eigenvalue weighted by molar-refractivity contribution is -0.131. The van der Waals surface area contributed by atoms with Gasteiger partial charge in [-0.05, 0) is 35.4 Å². The molecule has 22 heavy (non-hydrogen) atoms. The first-order valence-electron chi connectivity index (χ1n) is 6.45. The van der Waals surface area contributed by atoms with Gasteiger partial charge in [-0.25, -0.2) is 4.79 Å². The molecule has 0 aromatic heterocycles. The maximum absolute atomic E-state index is 10.9. The molecule has 112 valence electrons. The lowest BCUT2D eigenvalue weighted by Crippen LogP contribution is -2.01. The number of esters is 1. The van der Waals surface area contributed by atoms with E-state index < -0.39 is 11.9 Å². The highest BCUT2D eigenvalue weighted by atomic mass is 35.5. The van der Waals surface area contributed by atoms with Gasteiger partial charge in [0.25, 0.3) is 0 Å². The van der Waals surface area contributed by atoms with E-state index in [-0.39, 0.29) is 5.56 Å². The van der Waals surface area contributed by atoms with Crippen LogP contribution in [0.3, 0.4) is 0 Å². The first-order chi connectivity index (χ1) is 10.5. The second-order valence-corrected chi connectivity index (χ2v) is 4.94. The van der Waals surface area contributed by atoms with E-state index in [9.17, 15) is 9.59 Å². The molecule has 2 aromatic rings. The topological polar surface area (TPSA) is 63.6 Å². The van der Waals surface area contributed by atoms with Crippen LogP contribution in [0.4, 0.5) is 0 Å². The second-order valence-electron chi connectivity index (χ2n) is 4.54. The fourth-order valence-corrected chi connectivity index (χ4v) is 2.03. The van der Waals surface area contributed by atoms with Crippen LogP contribution < -0.4 is 4.74 Å². The van der Waals surface area contributed by atoms with Gasteiger partial charge in [0.05, 0.1) is 10.6 Å². The lowest BCUT2D eigenvalue weighted by Gasteiger charge is -2.04. The van der Waals surface area contributed by atoms with E-state index in [0.29, 0.717) is 10.8 Å². The number of carboxylic acids is 1. The largest absolute Gasteiger partial charge is 0.478 e. The fourth-order valence-electron chi connectivity index (χ4n) is 1.80. The van der Waals surface area contributed by atoms with E-state index in [1.807, 2.05) is 6.08 Å². The first kappa shape index (κ1) is 15.8. The number of halogens is 1. The normalized spacial score (nSPS) is 10.6. The Hall–Kier alpha value is -2.59. The van der Waals surface area contributed by atoms with Crippen LogP contribution in [0.5, 0.6) is 5.75 Å². The smallest absolute Gasteiger partial charge is 0.335 e. The molecule has 0 saturated heterocycles. The summed E-state index contributed by atoms with van der Waals surface area (Å²) in [4.78, 5) is 21.6. The standard InChI is InChI=1S/C17H13ClO4/c1-11(19)22-15-9-8-13(16(18)10-15)5-2-12-3-6-14(7-4-12)17(20)21/h2-10H,1H3,(H,20,21)/b5-2+. The zero-order chi connectivity index (χ0) is 16.1. The maximum Gasteiger partial charge on any atom is 0.335 e.